The van der Waals surface area contributed by atoms with Crippen molar-refractivity contribution in [3.63, 3.8) is 0 Å². The highest BCUT2D eigenvalue weighted by Crippen LogP contribution is 2.19. The molecule has 0 aliphatic heterocycles. The van der Waals surface area contributed by atoms with Crippen LogP contribution in [-0.2, 0) is 0 Å². The van der Waals surface area contributed by atoms with E-state index in [1.165, 1.54) is 0 Å². The first-order valence-corrected chi connectivity index (χ1v) is 6.23. The summed E-state index contributed by atoms with van der Waals surface area (Å²) < 4.78 is 5.39. The molecule has 2 aromatic carbocycles. The zero-order chi connectivity index (χ0) is 13.5. The summed E-state index contributed by atoms with van der Waals surface area (Å²) in [5.74, 6) is 0.845. The number of benzene rings is 2. The van der Waals surface area contributed by atoms with Crippen molar-refractivity contribution in [2.75, 3.05) is 6.61 Å². The van der Waals surface area contributed by atoms with E-state index in [0.717, 1.165) is 16.9 Å². The van der Waals surface area contributed by atoms with E-state index < -0.39 is 0 Å². The maximum absolute atomic E-state index is 9.24. The highest BCUT2D eigenvalue weighted by molar-refractivity contribution is 5.89. The number of nitrogens with zero attached hydrogens (tertiary/aromatic N) is 1. The molecule has 0 fully saturated rings. The maximum atomic E-state index is 9.24. The Kier molecular flexibility index (Phi) is 4.36. The minimum atomic E-state index is 0.655. The average molecular weight is 249 g/mol. The zero-order valence-electron chi connectivity index (χ0n) is 10.8. The average Bonchev–Trinajstić information content (AvgIpc) is 2.48. The Hall–Kier alpha value is -2.53. The second-order valence-corrected chi connectivity index (χ2v) is 4.04. The van der Waals surface area contributed by atoms with Crippen molar-refractivity contribution in [2.24, 2.45) is 0 Å². The van der Waals surface area contributed by atoms with Crippen molar-refractivity contribution in [3.05, 3.63) is 65.7 Å². The lowest BCUT2D eigenvalue weighted by molar-refractivity contribution is 0.340. The summed E-state index contributed by atoms with van der Waals surface area (Å²) in [4.78, 5) is 0. The van der Waals surface area contributed by atoms with Gasteiger partial charge >= 0.3 is 0 Å². The molecule has 0 bridgehead atoms. The molecule has 0 aromatic heterocycles. The van der Waals surface area contributed by atoms with E-state index in [1.54, 1.807) is 0 Å². The van der Waals surface area contributed by atoms with Gasteiger partial charge in [-0.05, 0) is 36.3 Å². The van der Waals surface area contributed by atoms with Gasteiger partial charge in [0.2, 0.25) is 0 Å². The first kappa shape index (κ1) is 12.9. The van der Waals surface area contributed by atoms with Gasteiger partial charge in [0, 0.05) is 0 Å². The van der Waals surface area contributed by atoms with Gasteiger partial charge < -0.3 is 4.74 Å². The molecule has 0 unspecified atom stereocenters. The van der Waals surface area contributed by atoms with Gasteiger partial charge in [0.15, 0.2) is 0 Å². The van der Waals surface area contributed by atoms with Gasteiger partial charge in [0.05, 0.1) is 18.2 Å². The Labute approximate surface area is 113 Å². The normalized spacial score (nSPS) is 10.8. The first-order chi connectivity index (χ1) is 9.33. The van der Waals surface area contributed by atoms with Crippen molar-refractivity contribution >= 4 is 11.6 Å². The number of ether oxygens (including phenoxy) is 1. The van der Waals surface area contributed by atoms with E-state index in [1.807, 2.05) is 67.6 Å². The molecule has 0 saturated carbocycles. The van der Waals surface area contributed by atoms with Crippen LogP contribution in [0, 0.1) is 11.3 Å². The van der Waals surface area contributed by atoms with Gasteiger partial charge in [-0.2, -0.15) is 5.26 Å². The lowest BCUT2D eigenvalue weighted by atomic mass is 10.0. The monoisotopic (exact) mass is 249 g/mol. The van der Waals surface area contributed by atoms with Crippen molar-refractivity contribution in [1.82, 2.24) is 0 Å². The molecule has 0 atom stereocenters. The summed E-state index contributed by atoms with van der Waals surface area (Å²) in [6, 6.07) is 19.6. The molecular weight excluding hydrogens is 234 g/mol. The van der Waals surface area contributed by atoms with E-state index in [2.05, 4.69) is 6.07 Å². The second kappa shape index (κ2) is 6.42. The van der Waals surface area contributed by atoms with E-state index in [0.29, 0.717) is 12.2 Å². The summed E-state index contributed by atoms with van der Waals surface area (Å²) in [7, 11) is 0. The minimum absolute atomic E-state index is 0.655. The molecule has 0 N–H and O–H groups in total. The molecule has 2 rings (SSSR count). The SMILES string of the molecule is CCOc1ccc(/C=C(\C#N)c2ccccc2)cc1. The molecule has 0 amide bonds. The van der Waals surface area contributed by atoms with E-state index in [-0.39, 0.29) is 0 Å². The van der Waals surface area contributed by atoms with Gasteiger partial charge in [0.1, 0.15) is 5.75 Å². The molecular formula is C17H15NO. The fourth-order valence-corrected chi connectivity index (χ4v) is 1.79. The van der Waals surface area contributed by atoms with Crippen LogP contribution in [0.25, 0.3) is 11.6 Å². The molecule has 94 valence electrons. The molecule has 2 nitrogen and oxygen atoms in total. The van der Waals surface area contributed by atoms with Crippen LogP contribution in [0.5, 0.6) is 5.75 Å². The predicted molar refractivity (Wildman–Crippen MR) is 77.5 cm³/mol. The Morgan fingerprint density at radius 2 is 1.79 bits per heavy atom. The molecule has 19 heavy (non-hydrogen) atoms. The highest BCUT2D eigenvalue weighted by atomic mass is 16.5. The predicted octanol–water partition coefficient (Wildman–Crippen LogP) is 4.15. The molecule has 0 spiro atoms. The Balaban J connectivity index is 2.26. The molecule has 0 saturated heterocycles. The lowest BCUT2D eigenvalue weighted by Gasteiger charge is -2.03. The first-order valence-electron chi connectivity index (χ1n) is 6.23. The highest BCUT2D eigenvalue weighted by Gasteiger charge is 2.00. The number of allylic oxidation sites excluding steroid dienone is 1. The summed E-state index contributed by atoms with van der Waals surface area (Å²) in [5.41, 5.74) is 2.58. The smallest absolute Gasteiger partial charge is 0.119 e. The summed E-state index contributed by atoms with van der Waals surface area (Å²) in [5, 5.41) is 9.24. The van der Waals surface area contributed by atoms with Crippen molar-refractivity contribution < 1.29 is 4.74 Å². The van der Waals surface area contributed by atoms with Crippen LogP contribution >= 0.6 is 0 Å². The topological polar surface area (TPSA) is 33.0 Å². The number of nitriles is 1. The van der Waals surface area contributed by atoms with E-state index >= 15 is 0 Å². The van der Waals surface area contributed by atoms with Gasteiger partial charge in [-0.25, -0.2) is 0 Å². The van der Waals surface area contributed by atoms with Gasteiger partial charge in [-0.15, -0.1) is 0 Å². The fourth-order valence-electron chi connectivity index (χ4n) is 1.79. The third-order valence-electron chi connectivity index (χ3n) is 2.71. The fraction of sp³-hybridized carbons (Fsp3) is 0.118. The van der Waals surface area contributed by atoms with Crippen LogP contribution in [-0.4, -0.2) is 6.61 Å². The molecule has 2 heteroatoms. The standard InChI is InChI=1S/C17H15NO/c1-2-19-17-10-8-14(9-11-17)12-16(13-18)15-6-4-3-5-7-15/h3-12H,2H2,1H3/b16-12+. The van der Waals surface area contributed by atoms with Gasteiger partial charge in [0.25, 0.3) is 0 Å². The minimum Gasteiger partial charge on any atom is -0.494 e. The number of hydrogen-bond donors (Lipinski definition) is 0. The van der Waals surface area contributed by atoms with Crippen molar-refractivity contribution in [3.8, 4) is 11.8 Å². The van der Waals surface area contributed by atoms with E-state index in [4.69, 9.17) is 4.74 Å². The Morgan fingerprint density at radius 3 is 2.37 bits per heavy atom. The third-order valence-corrected chi connectivity index (χ3v) is 2.71. The third kappa shape index (κ3) is 3.46. The van der Waals surface area contributed by atoms with Crippen LogP contribution in [0.2, 0.25) is 0 Å². The molecule has 0 radical (unpaired) electrons. The van der Waals surface area contributed by atoms with Crippen LogP contribution in [0.15, 0.2) is 54.6 Å². The van der Waals surface area contributed by atoms with Crippen LogP contribution in [0.3, 0.4) is 0 Å². The Morgan fingerprint density at radius 1 is 1.11 bits per heavy atom. The van der Waals surface area contributed by atoms with Crippen LogP contribution in [0.1, 0.15) is 18.1 Å². The second-order valence-electron chi connectivity index (χ2n) is 4.04. The van der Waals surface area contributed by atoms with Crippen LogP contribution < -0.4 is 4.74 Å². The summed E-state index contributed by atoms with van der Waals surface area (Å²) >= 11 is 0. The molecule has 0 aliphatic carbocycles. The van der Waals surface area contributed by atoms with Crippen molar-refractivity contribution in [2.45, 2.75) is 6.92 Å². The van der Waals surface area contributed by atoms with Crippen molar-refractivity contribution in [1.29, 1.82) is 5.26 Å². The van der Waals surface area contributed by atoms with Crippen LogP contribution in [0.4, 0.5) is 0 Å². The van der Waals surface area contributed by atoms with E-state index in [9.17, 15) is 5.26 Å². The summed E-state index contributed by atoms with van der Waals surface area (Å²) in [6.45, 7) is 2.61. The quantitative estimate of drug-likeness (QED) is 0.602. The lowest BCUT2D eigenvalue weighted by Crippen LogP contribution is -1.90. The van der Waals surface area contributed by atoms with Gasteiger partial charge in [-0.3, -0.25) is 0 Å². The molecule has 2 aromatic rings. The molecule has 0 heterocycles. The van der Waals surface area contributed by atoms with Gasteiger partial charge in [-0.1, -0.05) is 42.5 Å². The number of hydrogen-bond acceptors (Lipinski definition) is 2. The maximum Gasteiger partial charge on any atom is 0.119 e. The largest absolute Gasteiger partial charge is 0.494 e. The Bertz CT molecular complexity index is 591. The molecule has 0 aliphatic rings. The summed E-state index contributed by atoms with van der Waals surface area (Å²) in [6.07, 6.45) is 1.88. The number of rotatable bonds is 4. The zero-order valence-corrected chi connectivity index (χ0v) is 10.8.